The predicted molar refractivity (Wildman–Crippen MR) is 118 cm³/mol. The second kappa shape index (κ2) is 7.90. The van der Waals surface area contributed by atoms with Crippen LogP contribution in [0, 0.1) is 0 Å². The fourth-order valence-corrected chi connectivity index (χ4v) is 3.08. The molecule has 4 nitrogen and oxygen atoms in total. The van der Waals surface area contributed by atoms with Gasteiger partial charge < -0.3 is 16.2 Å². The molecule has 0 aliphatic rings. The highest BCUT2D eigenvalue weighted by Crippen LogP contribution is 2.30. The SMILES string of the molecule is Nc1ccc(-c2cc(C(=O)Oc3ccccc3)cc(-c3ccc(N)cc3)c2)cc1. The summed E-state index contributed by atoms with van der Waals surface area (Å²) >= 11 is 0. The minimum Gasteiger partial charge on any atom is -0.423 e. The first-order valence-corrected chi connectivity index (χ1v) is 9.23. The summed E-state index contributed by atoms with van der Waals surface area (Å²) in [5.41, 5.74) is 17.2. The maximum Gasteiger partial charge on any atom is 0.343 e. The molecule has 0 aliphatic carbocycles. The van der Waals surface area contributed by atoms with Gasteiger partial charge in [-0.15, -0.1) is 0 Å². The van der Waals surface area contributed by atoms with Crippen LogP contribution in [0.2, 0.25) is 0 Å². The van der Waals surface area contributed by atoms with Gasteiger partial charge in [0, 0.05) is 11.4 Å². The number of ether oxygens (including phenoxy) is 1. The van der Waals surface area contributed by atoms with E-state index < -0.39 is 5.97 Å². The highest BCUT2D eigenvalue weighted by molar-refractivity contribution is 5.94. The maximum atomic E-state index is 12.8. The Balaban J connectivity index is 1.78. The zero-order valence-corrected chi connectivity index (χ0v) is 15.7. The summed E-state index contributed by atoms with van der Waals surface area (Å²) in [5, 5.41) is 0. The summed E-state index contributed by atoms with van der Waals surface area (Å²) in [6, 6.07) is 29.8. The monoisotopic (exact) mass is 380 g/mol. The van der Waals surface area contributed by atoms with Crippen molar-refractivity contribution in [1.29, 1.82) is 0 Å². The molecular formula is C25H20N2O2. The van der Waals surface area contributed by atoms with E-state index in [1.165, 1.54) is 0 Å². The van der Waals surface area contributed by atoms with E-state index in [1.54, 1.807) is 12.1 Å². The molecule has 4 aromatic rings. The van der Waals surface area contributed by atoms with Crippen LogP contribution in [0.5, 0.6) is 5.75 Å². The van der Waals surface area contributed by atoms with E-state index in [9.17, 15) is 4.79 Å². The Hall–Kier alpha value is -4.05. The molecule has 0 bridgehead atoms. The largest absolute Gasteiger partial charge is 0.423 e. The van der Waals surface area contributed by atoms with E-state index in [0.717, 1.165) is 22.3 Å². The zero-order chi connectivity index (χ0) is 20.2. The van der Waals surface area contributed by atoms with Crippen LogP contribution >= 0.6 is 0 Å². The van der Waals surface area contributed by atoms with Gasteiger partial charge in [-0.3, -0.25) is 0 Å². The van der Waals surface area contributed by atoms with Gasteiger partial charge in [0.15, 0.2) is 0 Å². The summed E-state index contributed by atoms with van der Waals surface area (Å²) in [7, 11) is 0. The molecule has 0 unspecified atom stereocenters. The van der Waals surface area contributed by atoms with Gasteiger partial charge in [-0.1, -0.05) is 42.5 Å². The number of para-hydroxylation sites is 1. The topological polar surface area (TPSA) is 78.3 Å². The quantitative estimate of drug-likeness (QED) is 0.282. The van der Waals surface area contributed by atoms with E-state index in [4.69, 9.17) is 16.2 Å². The van der Waals surface area contributed by atoms with Crippen molar-refractivity contribution in [3.8, 4) is 28.0 Å². The average Bonchev–Trinajstić information content (AvgIpc) is 2.75. The van der Waals surface area contributed by atoms with Crippen molar-refractivity contribution in [2.75, 3.05) is 11.5 Å². The van der Waals surface area contributed by atoms with Crippen molar-refractivity contribution < 1.29 is 9.53 Å². The molecule has 4 rings (SSSR count). The molecule has 142 valence electrons. The highest BCUT2D eigenvalue weighted by Gasteiger charge is 2.13. The van der Waals surface area contributed by atoms with Crippen LogP contribution in [-0.4, -0.2) is 5.97 Å². The number of benzene rings is 4. The molecule has 0 aliphatic heterocycles. The molecule has 0 saturated carbocycles. The number of nitrogen functional groups attached to an aromatic ring is 2. The Morgan fingerprint density at radius 3 is 1.55 bits per heavy atom. The summed E-state index contributed by atoms with van der Waals surface area (Å²) < 4.78 is 5.54. The van der Waals surface area contributed by atoms with E-state index in [0.29, 0.717) is 22.7 Å². The third-order valence-corrected chi connectivity index (χ3v) is 4.61. The molecule has 0 radical (unpaired) electrons. The van der Waals surface area contributed by atoms with Crippen molar-refractivity contribution >= 4 is 17.3 Å². The number of hydrogen-bond acceptors (Lipinski definition) is 4. The van der Waals surface area contributed by atoms with Gasteiger partial charge in [0.05, 0.1) is 5.56 Å². The van der Waals surface area contributed by atoms with E-state index in [-0.39, 0.29) is 0 Å². The van der Waals surface area contributed by atoms with E-state index >= 15 is 0 Å². The van der Waals surface area contributed by atoms with Crippen molar-refractivity contribution in [3.63, 3.8) is 0 Å². The van der Waals surface area contributed by atoms with Crippen LogP contribution in [-0.2, 0) is 0 Å². The van der Waals surface area contributed by atoms with Crippen molar-refractivity contribution in [3.05, 3.63) is 103 Å². The van der Waals surface area contributed by atoms with Crippen LogP contribution in [0.3, 0.4) is 0 Å². The number of anilines is 2. The Morgan fingerprint density at radius 1 is 0.586 bits per heavy atom. The van der Waals surface area contributed by atoms with Crippen LogP contribution in [0.1, 0.15) is 10.4 Å². The Labute approximate surface area is 169 Å². The van der Waals surface area contributed by atoms with Gasteiger partial charge in [0.1, 0.15) is 5.75 Å². The van der Waals surface area contributed by atoms with Crippen LogP contribution < -0.4 is 16.2 Å². The van der Waals surface area contributed by atoms with Gasteiger partial charge in [0.2, 0.25) is 0 Å². The molecule has 0 heterocycles. The molecule has 0 aromatic heterocycles. The first-order chi connectivity index (χ1) is 14.1. The van der Waals surface area contributed by atoms with E-state index in [2.05, 4.69) is 0 Å². The van der Waals surface area contributed by atoms with Gasteiger partial charge >= 0.3 is 5.97 Å². The Kier molecular flexibility index (Phi) is 4.99. The van der Waals surface area contributed by atoms with Crippen molar-refractivity contribution in [2.45, 2.75) is 0 Å². The predicted octanol–water partition coefficient (Wildman–Crippen LogP) is 5.40. The second-order valence-electron chi connectivity index (χ2n) is 6.75. The number of hydrogen-bond donors (Lipinski definition) is 2. The summed E-state index contributed by atoms with van der Waals surface area (Å²) in [6.07, 6.45) is 0. The van der Waals surface area contributed by atoms with E-state index in [1.807, 2.05) is 84.9 Å². The minimum absolute atomic E-state index is 0.412. The first kappa shape index (κ1) is 18.3. The normalized spacial score (nSPS) is 10.5. The van der Waals surface area contributed by atoms with Crippen LogP contribution in [0.4, 0.5) is 11.4 Å². The lowest BCUT2D eigenvalue weighted by atomic mass is 9.96. The van der Waals surface area contributed by atoms with Crippen LogP contribution in [0.15, 0.2) is 97.1 Å². The summed E-state index contributed by atoms with van der Waals surface area (Å²) in [4.78, 5) is 12.8. The summed E-state index contributed by atoms with van der Waals surface area (Å²) in [5.74, 6) is 0.0922. The molecule has 0 saturated heterocycles. The molecule has 0 amide bonds. The second-order valence-corrected chi connectivity index (χ2v) is 6.75. The van der Waals surface area contributed by atoms with Crippen molar-refractivity contribution in [1.82, 2.24) is 0 Å². The molecule has 0 fully saturated rings. The molecule has 0 atom stereocenters. The number of carbonyl (C=O) groups is 1. The Bertz CT molecular complexity index is 1070. The fraction of sp³-hybridized carbons (Fsp3) is 0. The van der Waals surface area contributed by atoms with Gasteiger partial charge in [-0.2, -0.15) is 0 Å². The third kappa shape index (κ3) is 4.28. The highest BCUT2D eigenvalue weighted by atomic mass is 16.5. The number of esters is 1. The number of rotatable bonds is 4. The molecule has 0 spiro atoms. The lowest BCUT2D eigenvalue weighted by Crippen LogP contribution is -2.09. The zero-order valence-electron chi connectivity index (χ0n) is 15.7. The van der Waals surface area contributed by atoms with Gasteiger partial charge in [0.25, 0.3) is 0 Å². The molecular weight excluding hydrogens is 360 g/mol. The van der Waals surface area contributed by atoms with Crippen LogP contribution in [0.25, 0.3) is 22.3 Å². The smallest absolute Gasteiger partial charge is 0.343 e. The standard InChI is InChI=1S/C25H20N2O2/c26-22-10-6-17(7-11-22)19-14-20(18-8-12-23(27)13-9-18)16-21(15-19)25(28)29-24-4-2-1-3-5-24/h1-16H,26-27H2. The fourth-order valence-electron chi connectivity index (χ4n) is 3.08. The molecule has 29 heavy (non-hydrogen) atoms. The average molecular weight is 380 g/mol. The first-order valence-electron chi connectivity index (χ1n) is 9.23. The minimum atomic E-state index is -0.412. The number of carbonyl (C=O) groups excluding carboxylic acids is 1. The van der Waals surface area contributed by atoms with Gasteiger partial charge in [-0.05, 0) is 76.9 Å². The Morgan fingerprint density at radius 2 is 1.07 bits per heavy atom. The molecule has 4 aromatic carbocycles. The summed E-state index contributed by atoms with van der Waals surface area (Å²) in [6.45, 7) is 0. The molecule has 4 N–H and O–H groups in total. The third-order valence-electron chi connectivity index (χ3n) is 4.61. The van der Waals surface area contributed by atoms with Gasteiger partial charge in [-0.25, -0.2) is 4.79 Å². The van der Waals surface area contributed by atoms with Crippen molar-refractivity contribution in [2.24, 2.45) is 0 Å². The lowest BCUT2D eigenvalue weighted by molar-refractivity contribution is 0.0735. The lowest BCUT2D eigenvalue weighted by Gasteiger charge is -2.11. The molecule has 4 heteroatoms. The number of nitrogens with two attached hydrogens (primary N) is 2. The maximum absolute atomic E-state index is 12.8.